The van der Waals surface area contributed by atoms with Gasteiger partial charge in [0.1, 0.15) is 11.6 Å². The van der Waals surface area contributed by atoms with Crippen molar-refractivity contribution in [1.82, 2.24) is 0 Å². The van der Waals surface area contributed by atoms with Crippen LogP contribution in [-0.4, -0.2) is 11.7 Å². The highest BCUT2D eigenvalue weighted by molar-refractivity contribution is 5.64. The summed E-state index contributed by atoms with van der Waals surface area (Å²) >= 11 is 0. The molecular formula is C10H11F2NO. The first-order chi connectivity index (χ1) is 6.65. The van der Waals surface area contributed by atoms with E-state index in [-0.39, 0.29) is 17.9 Å². The molecule has 76 valence electrons. The van der Waals surface area contributed by atoms with Crippen LogP contribution in [0, 0.1) is 11.6 Å². The molecule has 2 nitrogen and oxygen atoms in total. The largest absolute Gasteiger partial charge is 0.398 e. The van der Waals surface area contributed by atoms with Crippen LogP contribution < -0.4 is 5.73 Å². The molecule has 0 heterocycles. The first kappa shape index (κ1) is 10.7. The minimum atomic E-state index is -0.698. The molecule has 0 amide bonds. The van der Waals surface area contributed by atoms with Crippen molar-refractivity contribution in [3.05, 3.63) is 35.4 Å². The number of nitrogens with two attached hydrogens (primary N) is 1. The van der Waals surface area contributed by atoms with Crippen LogP contribution in [0.3, 0.4) is 0 Å². The molecule has 14 heavy (non-hydrogen) atoms. The highest BCUT2D eigenvalue weighted by Gasteiger charge is 2.05. The number of halogens is 2. The Labute approximate surface area is 80.7 Å². The van der Waals surface area contributed by atoms with E-state index in [4.69, 9.17) is 10.8 Å². The molecule has 0 fully saturated rings. The Morgan fingerprint density at radius 1 is 1.36 bits per heavy atom. The molecule has 1 rings (SSSR count). The zero-order valence-electron chi connectivity index (χ0n) is 7.50. The van der Waals surface area contributed by atoms with Gasteiger partial charge in [0.15, 0.2) is 0 Å². The zero-order valence-corrected chi connectivity index (χ0v) is 7.50. The third-order valence-electron chi connectivity index (χ3n) is 1.71. The Morgan fingerprint density at radius 2 is 2.07 bits per heavy atom. The summed E-state index contributed by atoms with van der Waals surface area (Å²) in [5, 5.41) is 8.49. The summed E-state index contributed by atoms with van der Waals surface area (Å²) in [5.74, 6) is -1.39. The number of hydrogen-bond donors (Lipinski definition) is 2. The van der Waals surface area contributed by atoms with E-state index in [1.807, 2.05) is 0 Å². The predicted molar refractivity (Wildman–Crippen MR) is 51.5 cm³/mol. The summed E-state index contributed by atoms with van der Waals surface area (Å²) in [7, 11) is 0. The standard InChI is InChI=1S/C10H11F2NO/c11-7-5-9(12)8(10(13)6-7)3-1-2-4-14/h1,3,5-6,14H,2,4,13H2. The second-order valence-electron chi connectivity index (χ2n) is 2.81. The van der Waals surface area contributed by atoms with Gasteiger partial charge in [0.25, 0.3) is 0 Å². The van der Waals surface area contributed by atoms with Gasteiger partial charge in [0, 0.05) is 23.9 Å². The predicted octanol–water partition coefficient (Wildman–Crippen LogP) is 1.94. The molecular weight excluding hydrogens is 188 g/mol. The molecule has 0 spiro atoms. The molecule has 0 aliphatic rings. The molecule has 3 N–H and O–H groups in total. The molecule has 0 saturated carbocycles. The fraction of sp³-hybridized carbons (Fsp3) is 0.200. The van der Waals surface area contributed by atoms with Gasteiger partial charge >= 0.3 is 0 Å². The maximum Gasteiger partial charge on any atom is 0.135 e. The SMILES string of the molecule is Nc1cc(F)cc(F)c1C=CCCO. The van der Waals surface area contributed by atoms with Gasteiger partial charge in [-0.15, -0.1) is 0 Å². The van der Waals surface area contributed by atoms with Crippen molar-refractivity contribution >= 4 is 11.8 Å². The summed E-state index contributed by atoms with van der Waals surface area (Å²) in [6.07, 6.45) is 3.42. The van der Waals surface area contributed by atoms with E-state index < -0.39 is 11.6 Å². The van der Waals surface area contributed by atoms with Crippen LogP contribution in [-0.2, 0) is 0 Å². The second-order valence-corrected chi connectivity index (χ2v) is 2.81. The van der Waals surface area contributed by atoms with E-state index in [0.717, 1.165) is 12.1 Å². The van der Waals surface area contributed by atoms with Crippen LogP contribution in [0.2, 0.25) is 0 Å². The van der Waals surface area contributed by atoms with Crippen molar-refractivity contribution in [2.24, 2.45) is 0 Å². The average molecular weight is 199 g/mol. The van der Waals surface area contributed by atoms with Gasteiger partial charge in [-0.3, -0.25) is 0 Å². The van der Waals surface area contributed by atoms with Gasteiger partial charge in [0.05, 0.1) is 0 Å². The van der Waals surface area contributed by atoms with Gasteiger partial charge in [-0.05, 0) is 12.5 Å². The van der Waals surface area contributed by atoms with Crippen LogP contribution in [0.15, 0.2) is 18.2 Å². The first-order valence-corrected chi connectivity index (χ1v) is 4.17. The smallest absolute Gasteiger partial charge is 0.135 e. The summed E-state index contributed by atoms with van der Waals surface area (Å²) in [5.41, 5.74) is 5.62. The minimum absolute atomic E-state index is 0.0147. The van der Waals surface area contributed by atoms with E-state index in [9.17, 15) is 8.78 Å². The van der Waals surface area contributed by atoms with Crippen molar-refractivity contribution in [3.63, 3.8) is 0 Å². The molecule has 0 aliphatic heterocycles. The molecule has 0 aromatic heterocycles. The summed E-state index contributed by atoms with van der Waals surface area (Å²) in [6.45, 7) is -0.0147. The highest BCUT2D eigenvalue weighted by atomic mass is 19.1. The quantitative estimate of drug-likeness (QED) is 0.731. The van der Waals surface area contributed by atoms with Crippen molar-refractivity contribution in [3.8, 4) is 0 Å². The van der Waals surface area contributed by atoms with E-state index in [1.165, 1.54) is 6.08 Å². The molecule has 0 aliphatic carbocycles. The lowest BCUT2D eigenvalue weighted by molar-refractivity contribution is 0.303. The highest BCUT2D eigenvalue weighted by Crippen LogP contribution is 2.19. The lowest BCUT2D eigenvalue weighted by Crippen LogP contribution is -1.94. The van der Waals surface area contributed by atoms with Crippen LogP contribution in [0.25, 0.3) is 6.08 Å². The van der Waals surface area contributed by atoms with Gasteiger partial charge in [-0.1, -0.05) is 12.2 Å². The van der Waals surface area contributed by atoms with Gasteiger partial charge < -0.3 is 10.8 Å². The fourth-order valence-electron chi connectivity index (χ4n) is 1.06. The Morgan fingerprint density at radius 3 is 2.64 bits per heavy atom. The number of aliphatic hydroxyl groups is 1. The Balaban J connectivity index is 2.96. The van der Waals surface area contributed by atoms with Crippen LogP contribution in [0.4, 0.5) is 14.5 Å². The van der Waals surface area contributed by atoms with Crippen molar-refractivity contribution < 1.29 is 13.9 Å². The molecule has 1 aromatic carbocycles. The monoisotopic (exact) mass is 199 g/mol. The number of anilines is 1. The van der Waals surface area contributed by atoms with E-state index in [1.54, 1.807) is 6.08 Å². The van der Waals surface area contributed by atoms with Gasteiger partial charge in [-0.25, -0.2) is 8.78 Å². The van der Waals surface area contributed by atoms with E-state index >= 15 is 0 Å². The summed E-state index contributed by atoms with van der Waals surface area (Å²) < 4.78 is 25.7. The Bertz CT molecular complexity index is 327. The first-order valence-electron chi connectivity index (χ1n) is 4.17. The minimum Gasteiger partial charge on any atom is -0.398 e. The molecule has 0 unspecified atom stereocenters. The summed E-state index contributed by atoms with van der Waals surface area (Å²) in [4.78, 5) is 0. The van der Waals surface area contributed by atoms with Crippen LogP contribution in [0.1, 0.15) is 12.0 Å². The third-order valence-corrected chi connectivity index (χ3v) is 1.71. The van der Waals surface area contributed by atoms with Crippen molar-refractivity contribution in [2.75, 3.05) is 12.3 Å². The Kier molecular flexibility index (Phi) is 3.59. The average Bonchev–Trinajstić information content (AvgIpc) is 2.09. The van der Waals surface area contributed by atoms with Crippen LogP contribution >= 0.6 is 0 Å². The zero-order chi connectivity index (χ0) is 10.6. The maximum absolute atomic E-state index is 13.1. The molecule has 1 aromatic rings. The third kappa shape index (κ3) is 2.53. The second kappa shape index (κ2) is 4.72. The van der Waals surface area contributed by atoms with Gasteiger partial charge in [-0.2, -0.15) is 0 Å². The number of hydrogen-bond acceptors (Lipinski definition) is 2. The lowest BCUT2D eigenvalue weighted by Gasteiger charge is -2.02. The molecule has 0 bridgehead atoms. The normalized spacial score (nSPS) is 11.1. The molecule has 0 saturated heterocycles. The lowest BCUT2D eigenvalue weighted by atomic mass is 10.1. The Hall–Kier alpha value is -1.42. The van der Waals surface area contributed by atoms with E-state index in [2.05, 4.69) is 0 Å². The molecule has 0 atom stereocenters. The van der Waals surface area contributed by atoms with Crippen molar-refractivity contribution in [2.45, 2.75) is 6.42 Å². The van der Waals surface area contributed by atoms with Crippen LogP contribution in [0.5, 0.6) is 0 Å². The molecule has 0 radical (unpaired) electrons. The number of rotatable bonds is 3. The number of aliphatic hydroxyl groups excluding tert-OH is 1. The van der Waals surface area contributed by atoms with Gasteiger partial charge in [0.2, 0.25) is 0 Å². The number of nitrogen functional groups attached to an aromatic ring is 1. The number of benzene rings is 1. The molecule has 4 heteroatoms. The maximum atomic E-state index is 13.1. The topological polar surface area (TPSA) is 46.2 Å². The fourth-order valence-corrected chi connectivity index (χ4v) is 1.06. The van der Waals surface area contributed by atoms with E-state index in [0.29, 0.717) is 6.42 Å². The van der Waals surface area contributed by atoms with Crippen molar-refractivity contribution in [1.29, 1.82) is 0 Å². The summed E-state index contributed by atoms with van der Waals surface area (Å²) in [6, 6.07) is 1.83.